The Morgan fingerprint density at radius 1 is 1.24 bits per heavy atom. The van der Waals surface area contributed by atoms with E-state index >= 15 is 0 Å². The summed E-state index contributed by atoms with van der Waals surface area (Å²) in [4.78, 5) is 0. The molecule has 92 valence electrons. The third-order valence-electron chi connectivity index (χ3n) is 3.19. The van der Waals surface area contributed by atoms with Crippen LogP contribution in [0.1, 0.15) is 25.0 Å². The molecule has 17 heavy (non-hydrogen) atoms. The number of nitrogens with one attached hydrogen (secondary N) is 1. The third-order valence-corrected chi connectivity index (χ3v) is 3.19. The highest BCUT2D eigenvalue weighted by atomic mass is 15.0. The third kappa shape index (κ3) is 2.21. The van der Waals surface area contributed by atoms with E-state index in [1.807, 2.05) is 0 Å². The van der Waals surface area contributed by atoms with Crippen molar-refractivity contribution >= 4 is 10.9 Å². The monoisotopic (exact) mass is 231 g/mol. The number of aryl methyl sites for hydroxylation is 1. The van der Waals surface area contributed by atoms with Crippen molar-refractivity contribution in [2.75, 3.05) is 6.54 Å². The minimum Gasteiger partial charge on any atom is -0.347 e. The molecule has 3 nitrogen and oxygen atoms in total. The van der Waals surface area contributed by atoms with Crippen LogP contribution >= 0.6 is 0 Å². The van der Waals surface area contributed by atoms with Gasteiger partial charge in [0.15, 0.2) is 0 Å². The number of rotatable bonds is 5. The van der Waals surface area contributed by atoms with Gasteiger partial charge in [0.1, 0.15) is 0 Å². The van der Waals surface area contributed by atoms with Gasteiger partial charge in [0.25, 0.3) is 0 Å². The number of nitrogens with two attached hydrogens (primary N) is 1. The smallest absolute Gasteiger partial charge is 0.0529 e. The van der Waals surface area contributed by atoms with Gasteiger partial charge in [-0.1, -0.05) is 25.1 Å². The molecule has 0 spiro atoms. The SMILES string of the molecule is CCNCc1cn(CC)c2c(CN)cccc12. The first-order valence-corrected chi connectivity index (χ1v) is 6.32. The summed E-state index contributed by atoms with van der Waals surface area (Å²) < 4.78 is 2.30. The maximum Gasteiger partial charge on any atom is 0.0529 e. The van der Waals surface area contributed by atoms with E-state index in [4.69, 9.17) is 5.73 Å². The van der Waals surface area contributed by atoms with E-state index in [2.05, 4.69) is 48.1 Å². The van der Waals surface area contributed by atoms with Crippen LogP contribution in [0.5, 0.6) is 0 Å². The largest absolute Gasteiger partial charge is 0.347 e. The lowest BCUT2D eigenvalue weighted by Gasteiger charge is -2.05. The molecule has 0 unspecified atom stereocenters. The van der Waals surface area contributed by atoms with Gasteiger partial charge in [0.2, 0.25) is 0 Å². The number of benzene rings is 1. The van der Waals surface area contributed by atoms with E-state index in [-0.39, 0.29) is 0 Å². The second-order valence-corrected chi connectivity index (χ2v) is 4.24. The Bertz CT molecular complexity index is 499. The van der Waals surface area contributed by atoms with Gasteiger partial charge in [-0.2, -0.15) is 0 Å². The molecule has 3 heteroatoms. The fourth-order valence-electron chi connectivity index (χ4n) is 2.33. The molecule has 1 heterocycles. The number of aromatic nitrogens is 1. The topological polar surface area (TPSA) is 43.0 Å². The van der Waals surface area contributed by atoms with Crippen molar-refractivity contribution in [1.82, 2.24) is 9.88 Å². The molecule has 3 N–H and O–H groups in total. The summed E-state index contributed by atoms with van der Waals surface area (Å²) in [5, 5.41) is 4.72. The summed E-state index contributed by atoms with van der Waals surface area (Å²) >= 11 is 0. The summed E-state index contributed by atoms with van der Waals surface area (Å²) in [6.07, 6.45) is 2.24. The maximum absolute atomic E-state index is 5.82. The molecule has 0 fully saturated rings. The lowest BCUT2D eigenvalue weighted by atomic mass is 10.1. The van der Waals surface area contributed by atoms with Crippen molar-refractivity contribution < 1.29 is 0 Å². The minimum absolute atomic E-state index is 0.599. The van der Waals surface area contributed by atoms with Crippen molar-refractivity contribution in [3.63, 3.8) is 0 Å². The average Bonchev–Trinajstić information content (AvgIpc) is 2.74. The summed E-state index contributed by atoms with van der Waals surface area (Å²) in [5.41, 5.74) is 9.71. The molecular formula is C14H21N3. The van der Waals surface area contributed by atoms with Crippen molar-refractivity contribution in [2.24, 2.45) is 5.73 Å². The van der Waals surface area contributed by atoms with Gasteiger partial charge in [-0.15, -0.1) is 0 Å². The quantitative estimate of drug-likeness (QED) is 0.828. The molecule has 0 saturated carbocycles. The molecule has 0 atom stereocenters. The van der Waals surface area contributed by atoms with Crippen molar-refractivity contribution in [3.05, 3.63) is 35.5 Å². The van der Waals surface area contributed by atoms with Crippen LogP contribution in [0.15, 0.2) is 24.4 Å². The number of para-hydroxylation sites is 1. The van der Waals surface area contributed by atoms with Crippen LogP contribution in [0.4, 0.5) is 0 Å². The first-order chi connectivity index (χ1) is 8.31. The van der Waals surface area contributed by atoms with E-state index in [0.717, 1.165) is 19.6 Å². The highest BCUT2D eigenvalue weighted by Gasteiger charge is 2.09. The van der Waals surface area contributed by atoms with Crippen molar-refractivity contribution in [2.45, 2.75) is 33.5 Å². The molecule has 0 aliphatic carbocycles. The van der Waals surface area contributed by atoms with Gasteiger partial charge < -0.3 is 15.6 Å². The second kappa shape index (κ2) is 5.34. The number of fused-ring (bicyclic) bond motifs is 1. The fraction of sp³-hybridized carbons (Fsp3) is 0.429. The van der Waals surface area contributed by atoms with Crippen LogP contribution < -0.4 is 11.1 Å². The predicted molar refractivity (Wildman–Crippen MR) is 72.9 cm³/mol. The highest BCUT2D eigenvalue weighted by Crippen LogP contribution is 2.24. The maximum atomic E-state index is 5.82. The van der Waals surface area contributed by atoms with Crippen LogP contribution in [0, 0.1) is 0 Å². The Hall–Kier alpha value is -1.32. The van der Waals surface area contributed by atoms with Gasteiger partial charge in [-0.25, -0.2) is 0 Å². The van der Waals surface area contributed by atoms with Crippen molar-refractivity contribution in [1.29, 1.82) is 0 Å². The first-order valence-electron chi connectivity index (χ1n) is 6.32. The second-order valence-electron chi connectivity index (χ2n) is 4.24. The summed E-state index contributed by atoms with van der Waals surface area (Å²) in [6, 6.07) is 6.40. The Labute approximate surface area is 103 Å². The Morgan fingerprint density at radius 2 is 2.06 bits per heavy atom. The van der Waals surface area contributed by atoms with Crippen LogP contribution in [-0.4, -0.2) is 11.1 Å². The highest BCUT2D eigenvalue weighted by molar-refractivity contribution is 5.86. The normalized spacial score (nSPS) is 11.2. The molecule has 2 aromatic rings. The summed E-state index contributed by atoms with van der Waals surface area (Å²) in [6.45, 7) is 7.80. The van der Waals surface area contributed by atoms with Gasteiger partial charge in [0, 0.05) is 31.2 Å². The predicted octanol–water partition coefficient (Wildman–Crippen LogP) is 2.23. The lowest BCUT2D eigenvalue weighted by Crippen LogP contribution is -2.11. The molecule has 0 aliphatic heterocycles. The molecule has 0 radical (unpaired) electrons. The Balaban J connectivity index is 2.55. The van der Waals surface area contributed by atoms with Crippen molar-refractivity contribution in [3.8, 4) is 0 Å². The molecule has 0 amide bonds. The average molecular weight is 231 g/mol. The number of hydrogen-bond donors (Lipinski definition) is 2. The standard InChI is InChI=1S/C14H21N3/c1-3-16-9-12-10-17(4-2)14-11(8-15)6-5-7-13(12)14/h5-7,10,16H,3-4,8-9,15H2,1-2H3. The van der Waals surface area contributed by atoms with E-state index in [9.17, 15) is 0 Å². The molecule has 2 rings (SSSR count). The van der Waals surface area contributed by atoms with E-state index in [1.165, 1.54) is 22.0 Å². The zero-order valence-electron chi connectivity index (χ0n) is 10.7. The molecule has 0 saturated heterocycles. The molecule has 0 aliphatic rings. The zero-order chi connectivity index (χ0) is 12.3. The molecule has 0 bridgehead atoms. The van der Waals surface area contributed by atoms with Crippen LogP contribution in [-0.2, 0) is 19.6 Å². The summed E-state index contributed by atoms with van der Waals surface area (Å²) in [5.74, 6) is 0. The molecule has 1 aromatic carbocycles. The van der Waals surface area contributed by atoms with Crippen LogP contribution in [0.3, 0.4) is 0 Å². The number of nitrogens with zero attached hydrogens (tertiary/aromatic N) is 1. The zero-order valence-corrected chi connectivity index (χ0v) is 10.7. The molecular weight excluding hydrogens is 210 g/mol. The van der Waals surface area contributed by atoms with Gasteiger partial charge in [-0.05, 0) is 24.6 Å². The first kappa shape index (κ1) is 12.1. The van der Waals surface area contributed by atoms with Gasteiger partial charge >= 0.3 is 0 Å². The van der Waals surface area contributed by atoms with E-state index in [1.54, 1.807) is 0 Å². The minimum atomic E-state index is 0.599. The number of hydrogen-bond acceptors (Lipinski definition) is 2. The van der Waals surface area contributed by atoms with Gasteiger partial charge in [0.05, 0.1) is 5.52 Å². The lowest BCUT2D eigenvalue weighted by molar-refractivity contribution is 0.721. The van der Waals surface area contributed by atoms with E-state index in [0.29, 0.717) is 6.54 Å². The van der Waals surface area contributed by atoms with Crippen LogP contribution in [0.2, 0.25) is 0 Å². The molecule has 1 aromatic heterocycles. The summed E-state index contributed by atoms with van der Waals surface area (Å²) in [7, 11) is 0. The fourth-order valence-corrected chi connectivity index (χ4v) is 2.33. The Morgan fingerprint density at radius 3 is 2.71 bits per heavy atom. The van der Waals surface area contributed by atoms with Gasteiger partial charge in [-0.3, -0.25) is 0 Å². The van der Waals surface area contributed by atoms with E-state index < -0.39 is 0 Å². The Kier molecular flexibility index (Phi) is 3.82. The van der Waals surface area contributed by atoms with Crippen LogP contribution in [0.25, 0.3) is 10.9 Å².